The lowest BCUT2D eigenvalue weighted by molar-refractivity contribution is -0.0992. The van der Waals surface area contributed by atoms with Crippen molar-refractivity contribution < 1.29 is 0 Å². The van der Waals surface area contributed by atoms with Crippen LogP contribution < -0.4 is 0 Å². The van der Waals surface area contributed by atoms with Crippen LogP contribution in [0.5, 0.6) is 0 Å². The van der Waals surface area contributed by atoms with E-state index < -0.39 is 0 Å². The van der Waals surface area contributed by atoms with Crippen LogP contribution in [0.25, 0.3) is 0 Å². The zero-order valence-electron chi connectivity index (χ0n) is 20.4. The molecular weight excluding hydrogens is 400 g/mol. The van der Waals surface area contributed by atoms with E-state index in [2.05, 4.69) is 70.5 Å². The van der Waals surface area contributed by atoms with Crippen LogP contribution in [0.2, 0.25) is 0 Å². The number of hydrogen-bond donors (Lipinski definition) is 0. The molecule has 4 aliphatic rings. The molecule has 2 bridgehead atoms. The molecule has 2 saturated carbocycles. The van der Waals surface area contributed by atoms with Crippen molar-refractivity contribution in [2.24, 2.45) is 23.2 Å². The van der Waals surface area contributed by atoms with E-state index in [9.17, 15) is 0 Å². The summed E-state index contributed by atoms with van der Waals surface area (Å²) in [6, 6.07) is 23.0. The van der Waals surface area contributed by atoms with Gasteiger partial charge in [-0.25, -0.2) is 0 Å². The Balaban J connectivity index is 1.27. The van der Waals surface area contributed by atoms with Gasteiger partial charge in [-0.15, -0.1) is 0 Å². The van der Waals surface area contributed by atoms with Crippen LogP contribution in [0.15, 0.2) is 60.7 Å². The van der Waals surface area contributed by atoms with Crippen molar-refractivity contribution in [3.05, 3.63) is 71.8 Å². The lowest BCUT2D eigenvalue weighted by Crippen LogP contribution is -2.63. The van der Waals surface area contributed by atoms with Gasteiger partial charge in [0.1, 0.15) is 0 Å². The van der Waals surface area contributed by atoms with Crippen LogP contribution in [-0.4, -0.2) is 42.5 Å². The molecule has 2 heteroatoms. The van der Waals surface area contributed by atoms with Crippen molar-refractivity contribution in [2.75, 3.05) is 32.7 Å². The second-order valence-corrected chi connectivity index (χ2v) is 11.7. The molecule has 2 saturated heterocycles. The van der Waals surface area contributed by atoms with Crippen LogP contribution in [0, 0.1) is 23.2 Å². The highest BCUT2D eigenvalue weighted by Crippen LogP contribution is 2.56. The average molecular weight is 443 g/mol. The van der Waals surface area contributed by atoms with Gasteiger partial charge in [-0.3, -0.25) is 4.90 Å². The predicted molar refractivity (Wildman–Crippen MR) is 137 cm³/mol. The molecule has 2 aromatic rings. The standard InChI is InChI=1S/C31H42N2/c1-4-12-25(13-5-1)20-32-21-28-23-33(24-29(22-32)31(28)18-10-11-19-31)30(26-14-6-2-7-15-26)27-16-8-3-9-17-27/h2-3,6-9,14-17,25,28-30H,1,4-5,10-13,18-24H2. The summed E-state index contributed by atoms with van der Waals surface area (Å²) in [5.41, 5.74) is 3.56. The molecular formula is C31H42N2. The number of benzene rings is 2. The molecule has 2 unspecified atom stereocenters. The van der Waals surface area contributed by atoms with Crippen molar-refractivity contribution in [3.63, 3.8) is 0 Å². The number of piperidine rings is 2. The third-order valence-corrected chi connectivity index (χ3v) is 9.86. The Bertz CT molecular complexity index is 824. The lowest BCUT2D eigenvalue weighted by Gasteiger charge is -2.59. The van der Waals surface area contributed by atoms with Gasteiger partial charge in [-0.1, -0.05) is 92.8 Å². The fourth-order valence-corrected chi connectivity index (χ4v) is 8.34. The molecule has 2 atom stereocenters. The van der Waals surface area contributed by atoms with Crippen LogP contribution >= 0.6 is 0 Å². The Morgan fingerprint density at radius 2 is 1.21 bits per heavy atom. The molecule has 2 aliphatic heterocycles. The van der Waals surface area contributed by atoms with Gasteiger partial charge in [0, 0.05) is 32.7 Å². The fraction of sp³-hybridized carbons (Fsp3) is 0.613. The van der Waals surface area contributed by atoms with E-state index in [1.807, 2.05) is 0 Å². The van der Waals surface area contributed by atoms with Crippen molar-refractivity contribution >= 4 is 0 Å². The molecule has 0 radical (unpaired) electrons. The maximum Gasteiger partial charge on any atom is 0.0602 e. The molecule has 2 heterocycles. The highest BCUT2D eigenvalue weighted by molar-refractivity contribution is 5.32. The number of rotatable bonds is 5. The van der Waals surface area contributed by atoms with Gasteiger partial charge in [-0.2, -0.15) is 0 Å². The lowest BCUT2D eigenvalue weighted by atomic mass is 9.59. The van der Waals surface area contributed by atoms with E-state index in [0.717, 1.165) is 17.8 Å². The molecule has 176 valence electrons. The summed E-state index contributed by atoms with van der Waals surface area (Å²) < 4.78 is 0. The fourth-order valence-electron chi connectivity index (χ4n) is 8.34. The molecule has 2 nitrogen and oxygen atoms in total. The Morgan fingerprint density at radius 3 is 1.76 bits per heavy atom. The Morgan fingerprint density at radius 1 is 0.667 bits per heavy atom. The van der Waals surface area contributed by atoms with Crippen molar-refractivity contribution in [3.8, 4) is 0 Å². The minimum absolute atomic E-state index is 0.390. The smallest absolute Gasteiger partial charge is 0.0602 e. The van der Waals surface area contributed by atoms with Gasteiger partial charge >= 0.3 is 0 Å². The Kier molecular flexibility index (Phi) is 6.32. The number of hydrogen-bond acceptors (Lipinski definition) is 2. The van der Waals surface area contributed by atoms with Crippen molar-refractivity contribution in [1.82, 2.24) is 9.80 Å². The topological polar surface area (TPSA) is 6.48 Å². The average Bonchev–Trinajstić information content (AvgIpc) is 3.33. The van der Waals surface area contributed by atoms with E-state index in [-0.39, 0.29) is 0 Å². The monoisotopic (exact) mass is 442 g/mol. The summed E-state index contributed by atoms with van der Waals surface area (Å²) in [5, 5.41) is 0. The van der Waals surface area contributed by atoms with Crippen LogP contribution in [0.3, 0.4) is 0 Å². The molecule has 4 fully saturated rings. The zero-order valence-corrected chi connectivity index (χ0v) is 20.4. The summed E-state index contributed by atoms with van der Waals surface area (Å²) in [6.45, 7) is 6.61. The molecule has 0 N–H and O–H groups in total. The summed E-state index contributed by atoms with van der Waals surface area (Å²) >= 11 is 0. The molecule has 0 amide bonds. The van der Waals surface area contributed by atoms with E-state index in [1.165, 1.54) is 102 Å². The highest BCUT2D eigenvalue weighted by atomic mass is 15.2. The molecule has 33 heavy (non-hydrogen) atoms. The minimum atomic E-state index is 0.390. The maximum absolute atomic E-state index is 2.92. The van der Waals surface area contributed by atoms with E-state index in [4.69, 9.17) is 0 Å². The molecule has 1 spiro atoms. The van der Waals surface area contributed by atoms with E-state index in [0.29, 0.717) is 11.5 Å². The van der Waals surface area contributed by atoms with Crippen LogP contribution in [0.1, 0.15) is 75.0 Å². The van der Waals surface area contributed by atoms with Gasteiger partial charge in [-0.05, 0) is 60.0 Å². The van der Waals surface area contributed by atoms with Crippen LogP contribution in [-0.2, 0) is 0 Å². The van der Waals surface area contributed by atoms with Crippen molar-refractivity contribution in [1.29, 1.82) is 0 Å². The van der Waals surface area contributed by atoms with Crippen molar-refractivity contribution in [2.45, 2.75) is 63.8 Å². The SMILES string of the molecule is c1ccc(C(c2ccccc2)N2CC3CN(CC4CCCCC4)CC(C2)C32CCCC2)cc1. The minimum Gasteiger partial charge on any atom is -0.302 e. The first-order valence-electron chi connectivity index (χ1n) is 13.9. The predicted octanol–water partition coefficient (Wildman–Crippen LogP) is 6.78. The quantitative estimate of drug-likeness (QED) is 0.503. The van der Waals surface area contributed by atoms with Gasteiger partial charge in [0.15, 0.2) is 0 Å². The Hall–Kier alpha value is -1.64. The van der Waals surface area contributed by atoms with Gasteiger partial charge in [0.05, 0.1) is 6.04 Å². The first kappa shape index (κ1) is 21.9. The molecule has 0 aromatic heterocycles. The second kappa shape index (κ2) is 9.55. The summed E-state index contributed by atoms with van der Waals surface area (Å²) in [5.74, 6) is 2.65. The third-order valence-electron chi connectivity index (χ3n) is 9.86. The summed E-state index contributed by atoms with van der Waals surface area (Å²) in [7, 11) is 0. The first-order valence-corrected chi connectivity index (χ1v) is 13.9. The number of likely N-dealkylation sites (tertiary alicyclic amines) is 2. The van der Waals surface area contributed by atoms with E-state index >= 15 is 0 Å². The van der Waals surface area contributed by atoms with Gasteiger partial charge < -0.3 is 4.90 Å². The largest absolute Gasteiger partial charge is 0.302 e. The zero-order chi connectivity index (χ0) is 22.1. The Labute approximate surface area is 201 Å². The molecule has 2 aliphatic carbocycles. The van der Waals surface area contributed by atoms with E-state index in [1.54, 1.807) is 0 Å². The van der Waals surface area contributed by atoms with Gasteiger partial charge in [0.25, 0.3) is 0 Å². The normalized spacial score (nSPS) is 28.5. The molecule has 2 aromatic carbocycles. The third kappa shape index (κ3) is 4.30. The summed E-state index contributed by atoms with van der Waals surface area (Å²) in [4.78, 5) is 5.80. The van der Waals surface area contributed by atoms with Crippen LogP contribution in [0.4, 0.5) is 0 Å². The number of nitrogens with zero attached hydrogens (tertiary/aromatic N) is 2. The molecule has 6 rings (SSSR count). The second-order valence-electron chi connectivity index (χ2n) is 11.7. The summed E-state index contributed by atoms with van der Waals surface area (Å²) in [6.07, 6.45) is 13.3. The van der Waals surface area contributed by atoms with Gasteiger partial charge in [0.2, 0.25) is 0 Å². The maximum atomic E-state index is 2.92. The highest BCUT2D eigenvalue weighted by Gasteiger charge is 2.55. The first-order chi connectivity index (χ1) is 16.3.